The SMILES string of the molecule is CCn1ccnc1CC1CCCC1NC. The Morgan fingerprint density at radius 1 is 1.53 bits per heavy atom. The van der Waals surface area contributed by atoms with Crippen LogP contribution in [0.25, 0.3) is 0 Å². The number of nitrogens with one attached hydrogen (secondary N) is 1. The number of rotatable bonds is 4. The van der Waals surface area contributed by atoms with Crippen molar-refractivity contribution in [3.8, 4) is 0 Å². The van der Waals surface area contributed by atoms with Crippen LogP contribution in [0.4, 0.5) is 0 Å². The molecule has 0 aliphatic heterocycles. The van der Waals surface area contributed by atoms with Crippen LogP contribution in [-0.4, -0.2) is 22.6 Å². The lowest BCUT2D eigenvalue weighted by molar-refractivity contribution is 0.410. The summed E-state index contributed by atoms with van der Waals surface area (Å²) < 4.78 is 2.26. The van der Waals surface area contributed by atoms with Crippen molar-refractivity contribution in [3.63, 3.8) is 0 Å². The van der Waals surface area contributed by atoms with Gasteiger partial charge in [-0.3, -0.25) is 0 Å². The molecule has 2 unspecified atom stereocenters. The summed E-state index contributed by atoms with van der Waals surface area (Å²) in [5.41, 5.74) is 0. The van der Waals surface area contributed by atoms with Gasteiger partial charge >= 0.3 is 0 Å². The van der Waals surface area contributed by atoms with E-state index in [1.54, 1.807) is 0 Å². The third kappa shape index (κ3) is 2.23. The third-order valence-electron chi connectivity index (χ3n) is 3.62. The number of aromatic nitrogens is 2. The van der Waals surface area contributed by atoms with Crippen molar-refractivity contribution in [2.75, 3.05) is 7.05 Å². The van der Waals surface area contributed by atoms with Crippen LogP contribution < -0.4 is 5.32 Å². The molecule has 3 heteroatoms. The van der Waals surface area contributed by atoms with Crippen LogP contribution >= 0.6 is 0 Å². The maximum atomic E-state index is 4.45. The van der Waals surface area contributed by atoms with Crippen molar-refractivity contribution in [2.45, 2.75) is 45.2 Å². The zero-order chi connectivity index (χ0) is 10.7. The summed E-state index contributed by atoms with van der Waals surface area (Å²) in [5, 5.41) is 3.43. The molecule has 1 heterocycles. The van der Waals surface area contributed by atoms with E-state index in [0.29, 0.717) is 6.04 Å². The molecule has 0 saturated heterocycles. The van der Waals surface area contributed by atoms with Gasteiger partial charge in [0.05, 0.1) is 0 Å². The quantitative estimate of drug-likeness (QED) is 0.816. The standard InChI is InChI=1S/C12H21N3/c1-3-15-8-7-14-12(15)9-10-5-4-6-11(10)13-2/h7-8,10-11,13H,3-6,9H2,1-2H3. The Kier molecular flexibility index (Phi) is 3.41. The summed E-state index contributed by atoms with van der Waals surface area (Å²) in [6.45, 7) is 3.21. The first kappa shape index (κ1) is 10.7. The van der Waals surface area contributed by atoms with Gasteiger partial charge in [0, 0.05) is 31.4 Å². The molecule has 1 N–H and O–H groups in total. The smallest absolute Gasteiger partial charge is 0.108 e. The van der Waals surface area contributed by atoms with Crippen molar-refractivity contribution in [1.29, 1.82) is 0 Å². The number of hydrogen-bond acceptors (Lipinski definition) is 2. The van der Waals surface area contributed by atoms with E-state index in [9.17, 15) is 0 Å². The maximum absolute atomic E-state index is 4.45. The Balaban J connectivity index is 2.01. The van der Waals surface area contributed by atoms with Gasteiger partial charge in [-0.1, -0.05) is 6.42 Å². The zero-order valence-electron chi connectivity index (χ0n) is 9.74. The van der Waals surface area contributed by atoms with E-state index in [1.165, 1.54) is 25.1 Å². The van der Waals surface area contributed by atoms with Gasteiger partial charge in [0.2, 0.25) is 0 Å². The van der Waals surface area contributed by atoms with Crippen LogP contribution in [0.3, 0.4) is 0 Å². The molecule has 15 heavy (non-hydrogen) atoms. The van der Waals surface area contributed by atoms with E-state index in [4.69, 9.17) is 0 Å². The molecule has 0 radical (unpaired) electrons. The van der Waals surface area contributed by atoms with Crippen LogP contribution in [0.15, 0.2) is 12.4 Å². The minimum absolute atomic E-state index is 0.701. The van der Waals surface area contributed by atoms with E-state index in [-0.39, 0.29) is 0 Å². The summed E-state index contributed by atoms with van der Waals surface area (Å²) >= 11 is 0. The average molecular weight is 207 g/mol. The molecule has 1 aliphatic carbocycles. The van der Waals surface area contributed by atoms with E-state index >= 15 is 0 Å². The second-order valence-electron chi connectivity index (χ2n) is 4.42. The lowest BCUT2D eigenvalue weighted by atomic mass is 9.99. The van der Waals surface area contributed by atoms with E-state index < -0.39 is 0 Å². The monoisotopic (exact) mass is 207 g/mol. The van der Waals surface area contributed by atoms with E-state index in [1.807, 2.05) is 6.20 Å². The second-order valence-corrected chi connectivity index (χ2v) is 4.42. The molecular weight excluding hydrogens is 186 g/mol. The summed E-state index contributed by atoms with van der Waals surface area (Å²) in [7, 11) is 2.08. The first-order valence-electron chi connectivity index (χ1n) is 6.02. The van der Waals surface area contributed by atoms with Gasteiger partial charge in [0.1, 0.15) is 5.82 Å². The number of hydrogen-bond donors (Lipinski definition) is 1. The molecule has 0 amide bonds. The Hall–Kier alpha value is -0.830. The Labute approximate surface area is 91.9 Å². The van der Waals surface area contributed by atoms with Crippen LogP contribution in [-0.2, 0) is 13.0 Å². The van der Waals surface area contributed by atoms with Gasteiger partial charge in [-0.15, -0.1) is 0 Å². The molecule has 1 aromatic heterocycles. The normalized spacial score (nSPS) is 26.0. The van der Waals surface area contributed by atoms with E-state index in [2.05, 4.69) is 35.0 Å². The summed E-state index contributed by atoms with van der Waals surface area (Å²) in [6, 6.07) is 0.701. The topological polar surface area (TPSA) is 29.9 Å². The molecule has 1 aliphatic rings. The predicted octanol–water partition coefficient (Wildman–Crippen LogP) is 1.83. The van der Waals surface area contributed by atoms with Crippen LogP contribution in [0, 0.1) is 5.92 Å². The fourth-order valence-electron chi connectivity index (χ4n) is 2.71. The molecular formula is C12H21N3. The van der Waals surface area contributed by atoms with Gasteiger partial charge < -0.3 is 9.88 Å². The molecule has 1 saturated carbocycles. The minimum atomic E-state index is 0.701. The molecule has 2 atom stereocenters. The van der Waals surface area contributed by atoms with Crippen molar-refractivity contribution in [1.82, 2.24) is 14.9 Å². The third-order valence-corrected chi connectivity index (χ3v) is 3.62. The maximum Gasteiger partial charge on any atom is 0.108 e. The summed E-state index contributed by atoms with van der Waals surface area (Å²) in [4.78, 5) is 4.45. The lowest BCUT2D eigenvalue weighted by Gasteiger charge is -2.18. The Bertz CT molecular complexity index is 306. The number of aryl methyl sites for hydroxylation is 1. The molecule has 84 valence electrons. The highest BCUT2D eigenvalue weighted by atomic mass is 15.1. The molecule has 2 rings (SSSR count). The molecule has 1 fully saturated rings. The van der Waals surface area contributed by atoms with Crippen molar-refractivity contribution >= 4 is 0 Å². The fraction of sp³-hybridized carbons (Fsp3) is 0.750. The van der Waals surface area contributed by atoms with Gasteiger partial charge in [0.25, 0.3) is 0 Å². The van der Waals surface area contributed by atoms with Gasteiger partial charge in [-0.25, -0.2) is 4.98 Å². The van der Waals surface area contributed by atoms with E-state index in [0.717, 1.165) is 18.9 Å². The second kappa shape index (κ2) is 4.79. The molecule has 0 spiro atoms. The molecule has 0 aromatic carbocycles. The largest absolute Gasteiger partial charge is 0.335 e. The van der Waals surface area contributed by atoms with Crippen LogP contribution in [0.5, 0.6) is 0 Å². The van der Waals surface area contributed by atoms with Crippen molar-refractivity contribution < 1.29 is 0 Å². The van der Waals surface area contributed by atoms with Crippen LogP contribution in [0.1, 0.15) is 32.0 Å². The molecule has 0 bridgehead atoms. The summed E-state index contributed by atoms with van der Waals surface area (Å²) in [6.07, 6.45) is 9.17. The number of imidazole rings is 1. The van der Waals surface area contributed by atoms with Crippen LogP contribution in [0.2, 0.25) is 0 Å². The first-order valence-corrected chi connectivity index (χ1v) is 6.02. The number of nitrogens with zero attached hydrogens (tertiary/aromatic N) is 2. The fourth-order valence-corrected chi connectivity index (χ4v) is 2.71. The minimum Gasteiger partial charge on any atom is -0.335 e. The van der Waals surface area contributed by atoms with Gasteiger partial charge in [-0.2, -0.15) is 0 Å². The highest BCUT2D eigenvalue weighted by Gasteiger charge is 2.26. The van der Waals surface area contributed by atoms with Gasteiger partial charge in [0.15, 0.2) is 0 Å². The highest BCUT2D eigenvalue weighted by Crippen LogP contribution is 2.28. The van der Waals surface area contributed by atoms with Crippen molar-refractivity contribution in [2.24, 2.45) is 5.92 Å². The van der Waals surface area contributed by atoms with Gasteiger partial charge in [-0.05, 0) is 32.7 Å². The Morgan fingerprint density at radius 3 is 3.13 bits per heavy atom. The molecule has 3 nitrogen and oxygen atoms in total. The predicted molar refractivity (Wildman–Crippen MR) is 61.8 cm³/mol. The Morgan fingerprint density at radius 2 is 2.40 bits per heavy atom. The lowest BCUT2D eigenvalue weighted by Crippen LogP contribution is -2.30. The average Bonchev–Trinajstić information content (AvgIpc) is 2.87. The summed E-state index contributed by atoms with van der Waals surface area (Å²) in [5.74, 6) is 2.03. The zero-order valence-corrected chi connectivity index (χ0v) is 9.74. The highest BCUT2D eigenvalue weighted by molar-refractivity contribution is 4.97. The van der Waals surface area contributed by atoms with Crippen molar-refractivity contribution in [3.05, 3.63) is 18.2 Å². The first-order chi connectivity index (χ1) is 7.35. The molecule has 1 aromatic rings.